The fraction of sp³-hybridized carbons (Fsp3) is 1.00. The summed E-state index contributed by atoms with van der Waals surface area (Å²) in [6, 6.07) is 0. The van der Waals surface area contributed by atoms with Crippen molar-refractivity contribution in [2.75, 3.05) is 17.6 Å². The van der Waals surface area contributed by atoms with Crippen LogP contribution < -0.4 is 11.1 Å². The molecule has 0 aromatic carbocycles. The van der Waals surface area contributed by atoms with Crippen LogP contribution in [0.5, 0.6) is 0 Å². The number of unbranched alkanes of at least 4 members (excludes halogenated alkanes) is 1. The molecule has 0 saturated heterocycles. The van der Waals surface area contributed by atoms with Crippen LogP contribution in [0.25, 0.3) is 0 Å². The van der Waals surface area contributed by atoms with Crippen LogP contribution in [-0.2, 0) is 0 Å². The maximum Gasteiger partial charge on any atom is 0.0479 e. The third-order valence-corrected chi connectivity index (χ3v) is 1.44. The molecule has 0 rings (SSSR count). The molecule has 0 unspecified atom stereocenters. The zero-order chi connectivity index (χ0) is 6.24. The number of nitrogens with two attached hydrogens (primary N) is 1. The first-order valence-corrected chi connectivity index (χ1v) is 4.41. The molecule has 0 aliphatic carbocycles. The van der Waals surface area contributed by atoms with E-state index in [-0.39, 0.29) is 0 Å². The van der Waals surface area contributed by atoms with Crippen LogP contribution in [0, 0.1) is 0 Å². The molecular weight excluding hydrogens is 215 g/mol. The molecule has 50 valence electrons. The van der Waals surface area contributed by atoms with E-state index in [9.17, 15) is 0 Å². The van der Waals surface area contributed by atoms with E-state index in [1.54, 1.807) is 0 Å². The third-order valence-electron chi connectivity index (χ3n) is 0.902. The van der Waals surface area contributed by atoms with Gasteiger partial charge in [-0.2, -0.15) is 0 Å². The van der Waals surface area contributed by atoms with Gasteiger partial charge >= 0.3 is 0 Å². The second-order valence-corrected chi connectivity index (χ2v) is 2.39. The second kappa shape index (κ2) is 7.65. The minimum absolute atomic E-state index is 0.822. The van der Waals surface area contributed by atoms with Crippen LogP contribution in [0.1, 0.15) is 12.8 Å². The lowest BCUT2D eigenvalue weighted by molar-refractivity contribution is 0.681. The highest BCUT2D eigenvalue weighted by Gasteiger charge is 1.82. The van der Waals surface area contributed by atoms with Crippen molar-refractivity contribution in [3.8, 4) is 0 Å². The molecule has 8 heavy (non-hydrogen) atoms. The van der Waals surface area contributed by atoms with Gasteiger partial charge in [-0.1, -0.05) is 22.6 Å². The van der Waals surface area contributed by atoms with E-state index >= 15 is 0 Å². The van der Waals surface area contributed by atoms with Gasteiger partial charge in [-0.05, 0) is 25.9 Å². The van der Waals surface area contributed by atoms with Crippen LogP contribution in [0.4, 0.5) is 0 Å². The number of hydrogen-bond donors (Lipinski definition) is 2. The molecule has 0 heterocycles. The molecule has 0 aliphatic rings. The molecule has 0 aromatic rings. The number of rotatable bonds is 5. The molecule has 0 atom stereocenters. The van der Waals surface area contributed by atoms with Crippen molar-refractivity contribution < 1.29 is 0 Å². The minimum Gasteiger partial charge on any atom is -0.330 e. The van der Waals surface area contributed by atoms with E-state index in [4.69, 9.17) is 5.73 Å². The SMILES string of the molecule is NCCCCNCI. The zero-order valence-corrected chi connectivity index (χ0v) is 7.15. The fourth-order valence-corrected chi connectivity index (χ4v) is 0.843. The molecule has 0 bridgehead atoms. The van der Waals surface area contributed by atoms with Crippen LogP contribution in [-0.4, -0.2) is 17.6 Å². The zero-order valence-electron chi connectivity index (χ0n) is 4.99. The van der Waals surface area contributed by atoms with Gasteiger partial charge < -0.3 is 11.1 Å². The molecule has 3 N–H and O–H groups in total. The highest BCUT2D eigenvalue weighted by atomic mass is 127. The summed E-state index contributed by atoms with van der Waals surface area (Å²) in [4.78, 5) is 0. The lowest BCUT2D eigenvalue weighted by Gasteiger charge is -1.96. The molecule has 0 fully saturated rings. The Bertz CT molecular complexity index is 35.4. The van der Waals surface area contributed by atoms with Gasteiger partial charge in [0.25, 0.3) is 0 Å². The highest BCUT2D eigenvalue weighted by Crippen LogP contribution is 1.82. The van der Waals surface area contributed by atoms with Crippen molar-refractivity contribution in [2.45, 2.75) is 12.8 Å². The Morgan fingerprint density at radius 1 is 1.38 bits per heavy atom. The van der Waals surface area contributed by atoms with Gasteiger partial charge in [-0.15, -0.1) is 0 Å². The summed E-state index contributed by atoms with van der Waals surface area (Å²) in [5.74, 6) is 0. The first-order chi connectivity index (χ1) is 3.91. The highest BCUT2D eigenvalue weighted by molar-refractivity contribution is 14.1. The molecule has 2 nitrogen and oxygen atoms in total. The molecule has 0 aliphatic heterocycles. The molecular formula is C5H13IN2. The van der Waals surface area contributed by atoms with Gasteiger partial charge in [0.15, 0.2) is 0 Å². The van der Waals surface area contributed by atoms with Gasteiger partial charge in [-0.3, -0.25) is 0 Å². The van der Waals surface area contributed by atoms with E-state index in [1.165, 1.54) is 6.42 Å². The standard InChI is InChI=1S/C5H13IN2/c6-5-8-4-2-1-3-7/h8H,1-5,7H2. The maximum atomic E-state index is 5.28. The molecule has 0 saturated carbocycles. The van der Waals surface area contributed by atoms with E-state index in [0.29, 0.717) is 0 Å². The number of nitrogens with one attached hydrogen (secondary N) is 1. The molecule has 0 aromatic heterocycles. The summed E-state index contributed by atoms with van der Waals surface area (Å²) in [5.41, 5.74) is 5.28. The van der Waals surface area contributed by atoms with Gasteiger partial charge in [-0.25, -0.2) is 0 Å². The Morgan fingerprint density at radius 3 is 2.62 bits per heavy atom. The molecule has 0 radical (unpaired) electrons. The fourth-order valence-electron chi connectivity index (χ4n) is 0.461. The average molecular weight is 228 g/mol. The summed E-state index contributed by atoms with van der Waals surface area (Å²) in [6.45, 7) is 1.93. The van der Waals surface area contributed by atoms with Crippen LogP contribution in [0.15, 0.2) is 0 Å². The van der Waals surface area contributed by atoms with E-state index in [2.05, 4.69) is 27.9 Å². The van der Waals surface area contributed by atoms with Gasteiger partial charge in [0, 0.05) is 4.55 Å². The Kier molecular flexibility index (Phi) is 8.27. The summed E-state index contributed by atoms with van der Waals surface area (Å²) >= 11 is 2.30. The largest absolute Gasteiger partial charge is 0.330 e. The van der Waals surface area contributed by atoms with E-state index in [1.807, 2.05) is 0 Å². The lowest BCUT2D eigenvalue weighted by Crippen LogP contribution is -2.13. The van der Waals surface area contributed by atoms with Crippen molar-refractivity contribution in [3.05, 3.63) is 0 Å². The molecule has 3 heteroatoms. The average Bonchev–Trinajstić information content (AvgIpc) is 1.81. The third kappa shape index (κ3) is 6.65. The summed E-state index contributed by atoms with van der Waals surface area (Å²) in [5, 5.41) is 3.21. The first-order valence-electron chi connectivity index (χ1n) is 2.88. The van der Waals surface area contributed by atoms with Crippen molar-refractivity contribution in [1.29, 1.82) is 0 Å². The van der Waals surface area contributed by atoms with Gasteiger partial charge in [0.05, 0.1) is 0 Å². The number of halogens is 1. The Hall–Kier alpha value is 0.650. The maximum absolute atomic E-state index is 5.28. The number of hydrogen-bond acceptors (Lipinski definition) is 2. The van der Waals surface area contributed by atoms with Crippen molar-refractivity contribution >= 4 is 22.6 Å². The van der Waals surface area contributed by atoms with Crippen molar-refractivity contribution in [3.63, 3.8) is 0 Å². The Labute approximate surface area is 64.4 Å². The van der Waals surface area contributed by atoms with E-state index in [0.717, 1.165) is 24.1 Å². The summed E-state index contributed by atoms with van der Waals surface area (Å²) < 4.78 is 1.04. The van der Waals surface area contributed by atoms with Crippen LogP contribution in [0.3, 0.4) is 0 Å². The minimum atomic E-state index is 0.822. The van der Waals surface area contributed by atoms with Crippen LogP contribution in [0.2, 0.25) is 0 Å². The second-order valence-electron chi connectivity index (χ2n) is 1.63. The smallest absolute Gasteiger partial charge is 0.0479 e. The van der Waals surface area contributed by atoms with E-state index < -0.39 is 0 Å². The quantitative estimate of drug-likeness (QED) is 0.314. The van der Waals surface area contributed by atoms with Crippen LogP contribution >= 0.6 is 22.6 Å². The predicted octanol–water partition coefficient (Wildman–Crippen LogP) is 0.707. The monoisotopic (exact) mass is 228 g/mol. The lowest BCUT2D eigenvalue weighted by atomic mass is 10.3. The van der Waals surface area contributed by atoms with Crippen molar-refractivity contribution in [2.24, 2.45) is 5.73 Å². The summed E-state index contributed by atoms with van der Waals surface area (Å²) in [7, 11) is 0. The summed E-state index contributed by atoms with van der Waals surface area (Å²) in [6.07, 6.45) is 2.35. The number of alkyl halides is 1. The Morgan fingerprint density at radius 2 is 2.12 bits per heavy atom. The normalized spacial score (nSPS) is 9.75. The molecule has 0 spiro atoms. The topological polar surface area (TPSA) is 38.0 Å². The predicted molar refractivity (Wildman–Crippen MR) is 45.2 cm³/mol. The van der Waals surface area contributed by atoms with Crippen molar-refractivity contribution in [1.82, 2.24) is 5.32 Å². The molecule has 0 amide bonds. The Balaban J connectivity index is 2.53. The first kappa shape index (κ1) is 8.65. The van der Waals surface area contributed by atoms with Gasteiger partial charge in [0.2, 0.25) is 0 Å². The van der Waals surface area contributed by atoms with Gasteiger partial charge in [0.1, 0.15) is 0 Å².